The molecule has 0 bridgehead atoms. The second-order valence-electron chi connectivity index (χ2n) is 5.89. The van der Waals surface area contributed by atoms with Crippen LogP contribution in [0.3, 0.4) is 0 Å². The molecule has 1 aliphatic rings. The van der Waals surface area contributed by atoms with E-state index in [1.165, 1.54) is 83.6 Å². The van der Waals surface area contributed by atoms with Crippen LogP contribution in [0.1, 0.15) is 84.0 Å². The van der Waals surface area contributed by atoms with E-state index in [-0.39, 0.29) is 0 Å². The first-order chi connectivity index (χ1) is 8.34. The average molecular weight is 239 g/mol. The van der Waals surface area contributed by atoms with Gasteiger partial charge >= 0.3 is 0 Å². The van der Waals surface area contributed by atoms with E-state index in [1.54, 1.807) is 0 Å². The number of hydrogen-bond donors (Lipinski definition) is 0. The Morgan fingerprint density at radius 3 is 2.24 bits per heavy atom. The van der Waals surface area contributed by atoms with Gasteiger partial charge in [-0.25, -0.2) is 0 Å². The summed E-state index contributed by atoms with van der Waals surface area (Å²) in [5, 5.41) is 0. The largest absolute Gasteiger partial charge is 0.303 e. The number of hydrogen-bond acceptors (Lipinski definition) is 1. The molecule has 17 heavy (non-hydrogen) atoms. The summed E-state index contributed by atoms with van der Waals surface area (Å²) in [7, 11) is 2.36. The van der Waals surface area contributed by atoms with Crippen LogP contribution in [0, 0.1) is 0 Å². The first-order valence-electron chi connectivity index (χ1n) is 8.05. The van der Waals surface area contributed by atoms with E-state index < -0.39 is 0 Å². The summed E-state index contributed by atoms with van der Waals surface area (Å²) >= 11 is 0. The molecule has 102 valence electrons. The van der Waals surface area contributed by atoms with Crippen LogP contribution in [0.25, 0.3) is 0 Å². The molecule has 1 heteroatoms. The highest BCUT2D eigenvalue weighted by Gasteiger charge is 2.14. The summed E-state index contributed by atoms with van der Waals surface area (Å²) in [4.78, 5) is 2.65. The Labute approximate surface area is 109 Å². The third-order valence-electron chi connectivity index (χ3n) is 4.31. The van der Waals surface area contributed by atoms with E-state index in [4.69, 9.17) is 0 Å². The van der Waals surface area contributed by atoms with E-state index in [1.807, 2.05) is 0 Å². The fourth-order valence-electron chi connectivity index (χ4n) is 3.02. The first kappa shape index (κ1) is 15.0. The molecule has 0 radical (unpaired) electrons. The molecule has 1 rings (SSSR count). The van der Waals surface area contributed by atoms with Crippen molar-refractivity contribution < 1.29 is 0 Å². The zero-order chi connectivity index (χ0) is 12.3. The quantitative estimate of drug-likeness (QED) is 0.624. The van der Waals surface area contributed by atoms with Crippen LogP contribution < -0.4 is 0 Å². The van der Waals surface area contributed by atoms with Gasteiger partial charge in [0.1, 0.15) is 0 Å². The van der Waals surface area contributed by atoms with Crippen LogP contribution in [-0.4, -0.2) is 24.5 Å². The Morgan fingerprint density at radius 2 is 1.53 bits per heavy atom. The van der Waals surface area contributed by atoms with E-state index in [0.29, 0.717) is 0 Å². The Bertz CT molecular complexity index is 167. The standard InChI is InChI=1S/C16H33N/c1-3-4-10-13-16-14-11-8-6-5-7-9-12-15-17(16)2/h16H,3-15H2,1-2H3. The van der Waals surface area contributed by atoms with Crippen molar-refractivity contribution in [2.24, 2.45) is 0 Å². The molecule has 1 unspecified atom stereocenters. The monoisotopic (exact) mass is 239 g/mol. The van der Waals surface area contributed by atoms with Gasteiger partial charge in [-0.05, 0) is 32.9 Å². The van der Waals surface area contributed by atoms with Gasteiger partial charge in [-0.3, -0.25) is 0 Å². The molecule has 0 amide bonds. The smallest absolute Gasteiger partial charge is 0.00922 e. The number of rotatable bonds is 4. The molecule has 1 fully saturated rings. The molecular weight excluding hydrogens is 206 g/mol. The molecule has 0 aromatic rings. The van der Waals surface area contributed by atoms with Gasteiger partial charge in [-0.2, -0.15) is 0 Å². The Morgan fingerprint density at radius 1 is 0.882 bits per heavy atom. The lowest BCUT2D eigenvalue weighted by Crippen LogP contribution is -2.32. The fraction of sp³-hybridized carbons (Fsp3) is 1.00. The molecule has 0 aliphatic carbocycles. The van der Waals surface area contributed by atoms with E-state index in [9.17, 15) is 0 Å². The Kier molecular flexibility index (Phi) is 8.78. The molecule has 0 saturated carbocycles. The van der Waals surface area contributed by atoms with Gasteiger partial charge in [0, 0.05) is 6.04 Å². The summed E-state index contributed by atoms with van der Waals surface area (Å²) < 4.78 is 0. The number of unbranched alkanes of at least 4 members (excludes halogenated alkanes) is 2. The second-order valence-corrected chi connectivity index (χ2v) is 5.89. The van der Waals surface area contributed by atoms with Gasteiger partial charge in [0.15, 0.2) is 0 Å². The predicted octanol–water partition coefficient (Wildman–Crippen LogP) is 5.00. The minimum absolute atomic E-state index is 0.875. The number of nitrogens with zero attached hydrogens (tertiary/aromatic N) is 1. The van der Waals surface area contributed by atoms with Crippen molar-refractivity contribution in [3.63, 3.8) is 0 Å². The summed E-state index contributed by atoms with van der Waals surface area (Å²) in [5.74, 6) is 0. The van der Waals surface area contributed by atoms with Crippen LogP contribution in [0.4, 0.5) is 0 Å². The van der Waals surface area contributed by atoms with Crippen LogP contribution >= 0.6 is 0 Å². The topological polar surface area (TPSA) is 3.24 Å². The highest BCUT2D eigenvalue weighted by Crippen LogP contribution is 2.19. The first-order valence-corrected chi connectivity index (χ1v) is 8.05. The molecule has 0 aromatic heterocycles. The highest BCUT2D eigenvalue weighted by molar-refractivity contribution is 4.70. The minimum Gasteiger partial charge on any atom is -0.303 e. The molecule has 1 nitrogen and oxygen atoms in total. The molecule has 0 spiro atoms. The lowest BCUT2D eigenvalue weighted by molar-refractivity contribution is 0.208. The van der Waals surface area contributed by atoms with Gasteiger partial charge < -0.3 is 4.90 Å². The van der Waals surface area contributed by atoms with E-state index in [2.05, 4.69) is 18.9 Å². The van der Waals surface area contributed by atoms with Crippen molar-refractivity contribution in [1.29, 1.82) is 0 Å². The minimum atomic E-state index is 0.875. The molecule has 0 N–H and O–H groups in total. The average Bonchev–Trinajstić information content (AvgIpc) is 2.37. The lowest BCUT2D eigenvalue weighted by atomic mass is 10.0. The van der Waals surface area contributed by atoms with E-state index in [0.717, 1.165) is 6.04 Å². The predicted molar refractivity (Wildman–Crippen MR) is 77.5 cm³/mol. The van der Waals surface area contributed by atoms with Crippen molar-refractivity contribution in [3.8, 4) is 0 Å². The molecule has 0 aromatic carbocycles. The third-order valence-corrected chi connectivity index (χ3v) is 4.31. The van der Waals surface area contributed by atoms with Crippen molar-refractivity contribution in [3.05, 3.63) is 0 Å². The van der Waals surface area contributed by atoms with Gasteiger partial charge in [0.25, 0.3) is 0 Å². The third kappa shape index (κ3) is 7.08. The summed E-state index contributed by atoms with van der Waals surface area (Å²) in [5.41, 5.74) is 0. The van der Waals surface area contributed by atoms with Crippen LogP contribution in [0.2, 0.25) is 0 Å². The van der Waals surface area contributed by atoms with Crippen LogP contribution in [0.15, 0.2) is 0 Å². The molecular formula is C16H33N. The normalized spacial score (nSPS) is 25.4. The summed E-state index contributed by atoms with van der Waals surface area (Å²) in [6.45, 7) is 3.64. The van der Waals surface area contributed by atoms with Crippen molar-refractivity contribution in [1.82, 2.24) is 4.90 Å². The zero-order valence-electron chi connectivity index (χ0n) is 12.2. The van der Waals surface area contributed by atoms with Gasteiger partial charge in [-0.1, -0.05) is 64.7 Å². The van der Waals surface area contributed by atoms with E-state index >= 15 is 0 Å². The maximum atomic E-state index is 2.65. The molecule has 1 heterocycles. The second kappa shape index (κ2) is 9.94. The maximum Gasteiger partial charge on any atom is 0.00922 e. The lowest BCUT2D eigenvalue weighted by Gasteiger charge is -2.28. The fourth-order valence-corrected chi connectivity index (χ4v) is 3.02. The maximum absolute atomic E-state index is 2.65. The van der Waals surface area contributed by atoms with Gasteiger partial charge in [-0.15, -0.1) is 0 Å². The van der Waals surface area contributed by atoms with Gasteiger partial charge in [0.2, 0.25) is 0 Å². The zero-order valence-corrected chi connectivity index (χ0v) is 12.2. The summed E-state index contributed by atoms with van der Waals surface area (Å²) in [6, 6.07) is 0.875. The Hall–Kier alpha value is -0.0400. The SMILES string of the molecule is CCCCCC1CCCCCCCCCN1C. The summed E-state index contributed by atoms with van der Waals surface area (Å²) in [6.07, 6.45) is 17.3. The molecule has 1 atom stereocenters. The van der Waals surface area contributed by atoms with Crippen molar-refractivity contribution in [2.45, 2.75) is 90.0 Å². The van der Waals surface area contributed by atoms with Crippen LogP contribution in [0.5, 0.6) is 0 Å². The molecule has 1 saturated heterocycles. The molecule has 1 aliphatic heterocycles. The Balaban J connectivity index is 2.31. The highest BCUT2D eigenvalue weighted by atomic mass is 15.1. The van der Waals surface area contributed by atoms with Crippen LogP contribution in [-0.2, 0) is 0 Å². The van der Waals surface area contributed by atoms with Crippen molar-refractivity contribution in [2.75, 3.05) is 13.6 Å². The van der Waals surface area contributed by atoms with Gasteiger partial charge in [0.05, 0.1) is 0 Å². The van der Waals surface area contributed by atoms with Crippen molar-refractivity contribution >= 4 is 0 Å².